The Balaban J connectivity index is 0.00000420. The Kier molecular flexibility index (Phi) is 9.81. The second-order valence-corrected chi connectivity index (χ2v) is 7.57. The van der Waals surface area contributed by atoms with Crippen molar-refractivity contribution in [3.63, 3.8) is 0 Å². The molecule has 8 nitrogen and oxygen atoms in total. The molecule has 164 valence electrons. The first-order valence-electron chi connectivity index (χ1n) is 9.50. The van der Waals surface area contributed by atoms with Crippen molar-refractivity contribution in [2.45, 2.75) is 45.9 Å². The topological polar surface area (TPSA) is 84.4 Å². The monoisotopic (exact) mass is 520 g/mol. The van der Waals surface area contributed by atoms with Gasteiger partial charge in [0.15, 0.2) is 17.5 Å². The summed E-state index contributed by atoms with van der Waals surface area (Å²) in [5.74, 6) is 2.06. The van der Waals surface area contributed by atoms with E-state index in [1.807, 2.05) is 45.9 Å². The van der Waals surface area contributed by atoms with Crippen LogP contribution in [-0.4, -0.2) is 62.4 Å². The van der Waals surface area contributed by atoms with Crippen LogP contribution in [0.5, 0.6) is 11.5 Å². The molecule has 1 aromatic rings. The SMILES string of the molecule is CCNC(=NCc1cccc(OC)c1OC)NC1CN(C(=O)OC(C)(C)C)C1.I. The average Bonchev–Trinajstić information content (AvgIpc) is 2.59. The van der Waals surface area contributed by atoms with Crippen LogP contribution in [-0.2, 0) is 11.3 Å². The van der Waals surface area contributed by atoms with Crippen molar-refractivity contribution >= 4 is 36.0 Å². The summed E-state index contributed by atoms with van der Waals surface area (Å²) in [5, 5.41) is 6.59. The number of aliphatic imine (C=N–C) groups is 1. The number of para-hydroxylation sites is 1. The molecule has 0 bridgehead atoms. The normalized spacial score (nSPS) is 14.4. The van der Waals surface area contributed by atoms with E-state index >= 15 is 0 Å². The van der Waals surface area contributed by atoms with Gasteiger partial charge in [0.1, 0.15) is 5.60 Å². The van der Waals surface area contributed by atoms with Crippen molar-refractivity contribution < 1.29 is 19.0 Å². The molecule has 0 spiro atoms. The van der Waals surface area contributed by atoms with Crippen LogP contribution >= 0.6 is 24.0 Å². The van der Waals surface area contributed by atoms with Crippen LogP contribution in [0.25, 0.3) is 0 Å². The Morgan fingerprint density at radius 1 is 1.24 bits per heavy atom. The van der Waals surface area contributed by atoms with Gasteiger partial charge in [0, 0.05) is 25.2 Å². The van der Waals surface area contributed by atoms with Crippen molar-refractivity contribution in [1.29, 1.82) is 0 Å². The zero-order valence-electron chi connectivity index (χ0n) is 18.1. The number of carbonyl (C=O) groups excluding carboxylic acids is 1. The van der Waals surface area contributed by atoms with Gasteiger partial charge in [0.2, 0.25) is 0 Å². The largest absolute Gasteiger partial charge is 0.493 e. The number of benzene rings is 1. The second kappa shape index (κ2) is 11.3. The average molecular weight is 520 g/mol. The highest BCUT2D eigenvalue weighted by Gasteiger charge is 2.34. The maximum atomic E-state index is 12.0. The van der Waals surface area contributed by atoms with Crippen molar-refractivity contribution in [3.8, 4) is 11.5 Å². The summed E-state index contributed by atoms with van der Waals surface area (Å²) in [4.78, 5) is 18.4. The van der Waals surface area contributed by atoms with E-state index in [9.17, 15) is 4.79 Å². The fourth-order valence-corrected chi connectivity index (χ4v) is 2.80. The van der Waals surface area contributed by atoms with E-state index in [2.05, 4.69) is 15.6 Å². The Labute approximate surface area is 190 Å². The van der Waals surface area contributed by atoms with Gasteiger partial charge in [-0.1, -0.05) is 12.1 Å². The fraction of sp³-hybridized carbons (Fsp3) is 0.600. The first-order chi connectivity index (χ1) is 13.3. The highest BCUT2D eigenvalue weighted by atomic mass is 127. The summed E-state index contributed by atoms with van der Waals surface area (Å²) < 4.78 is 16.2. The van der Waals surface area contributed by atoms with Gasteiger partial charge in [-0.15, -0.1) is 24.0 Å². The van der Waals surface area contributed by atoms with E-state index in [1.54, 1.807) is 19.1 Å². The van der Waals surface area contributed by atoms with E-state index in [4.69, 9.17) is 14.2 Å². The van der Waals surface area contributed by atoms with Crippen molar-refractivity contribution in [2.75, 3.05) is 33.9 Å². The molecular weight excluding hydrogens is 487 g/mol. The van der Waals surface area contributed by atoms with Crippen molar-refractivity contribution in [1.82, 2.24) is 15.5 Å². The van der Waals surface area contributed by atoms with E-state index in [-0.39, 0.29) is 36.1 Å². The minimum Gasteiger partial charge on any atom is -0.493 e. The van der Waals surface area contributed by atoms with Gasteiger partial charge in [-0.25, -0.2) is 9.79 Å². The first-order valence-corrected chi connectivity index (χ1v) is 9.50. The summed E-state index contributed by atoms with van der Waals surface area (Å²) in [7, 11) is 3.23. The highest BCUT2D eigenvalue weighted by Crippen LogP contribution is 2.31. The number of ether oxygens (including phenoxy) is 3. The molecule has 0 atom stereocenters. The molecule has 0 saturated carbocycles. The van der Waals surface area contributed by atoms with E-state index in [0.29, 0.717) is 37.1 Å². The molecule has 0 unspecified atom stereocenters. The number of guanidine groups is 1. The number of rotatable bonds is 6. The van der Waals surface area contributed by atoms with Crippen LogP contribution in [0.3, 0.4) is 0 Å². The third-order valence-electron chi connectivity index (χ3n) is 4.11. The van der Waals surface area contributed by atoms with Gasteiger partial charge in [0.05, 0.1) is 26.8 Å². The van der Waals surface area contributed by atoms with Gasteiger partial charge in [-0.05, 0) is 33.8 Å². The number of nitrogens with one attached hydrogen (secondary N) is 2. The predicted molar refractivity (Wildman–Crippen MR) is 125 cm³/mol. The maximum absolute atomic E-state index is 12.0. The van der Waals surface area contributed by atoms with E-state index in [1.165, 1.54) is 0 Å². The third-order valence-corrected chi connectivity index (χ3v) is 4.11. The summed E-state index contributed by atoms with van der Waals surface area (Å²) in [6.45, 7) is 9.96. The van der Waals surface area contributed by atoms with Gasteiger partial charge in [0.25, 0.3) is 0 Å². The molecule has 1 heterocycles. The lowest BCUT2D eigenvalue weighted by Gasteiger charge is -2.40. The minimum atomic E-state index is -0.484. The van der Waals surface area contributed by atoms with Crippen LogP contribution in [0.15, 0.2) is 23.2 Å². The molecule has 1 aromatic carbocycles. The smallest absolute Gasteiger partial charge is 0.410 e. The molecule has 29 heavy (non-hydrogen) atoms. The number of likely N-dealkylation sites (tertiary alicyclic amines) is 1. The Morgan fingerprint density at radius 2 is 1.93 bits per heavy atom. The Morgan fingerprint density at radius 3 is 2.48 bits per heavy atom. The molecule has 1 aliphatic heterocycles. The molecule has 1 aliphatic rings. The van der Waals surface area contributed by atoms with Crippen molar-refractivity contribution in [2.24, 2.45) is 4.99 Å². The summed E-state index contributed by atoms with van der Waals surface area (Å²) in [6.07, 6.45) is -0.284. The number of carbonyl (C=O) groups is 1. The van der Waals surface area contributed by atoms with Crippen LogP contribution in [0, 0.1) is 0 Å². The third kappa shape index (κ3) is 7.45. The molecule has 1 amide bonds. The molecular formula is C20H33IN4O4. The molecule has 1 fully saturated rings. The van der Waals surface area contributed by atoms with Crippen LogP contribution < -0.4 is 20.1 Å². The number of hydrogen-bond donors (Lipinski definition) is 2. The lowest BCUT2D eigenvalue weighted by molar-refractivity contribution is 0.00700. The summed E-state index contributed by atoms with van der Waals surface area (Å²) in [5.41, 5.74) is 0.449. The maximum Gasteiger partial charge on any atom is 0.410 e. The lowest BCUT2D eigenvalue weighted by Crippen LogP contribution is -2.63. The second-order valence-electron chi connectivity index (χ2n) is 7.57. The fourth-order valence-electron chi connectivity index (χ4n) is 2.80. The molecule has 0 aliphatic carbocycles. The minimum absolute atomic E-state index is 0. The number of amides is 1. The van der Waals surface area contributed by atoms with Crippen LogP contribution in [0.2, 0.25) is 0 Å². The standard InChI is InChI=1S/C20H32N4O4.HI/c1-7-21-18(22-11-14-9-8-10-16(26-5)17(14)27-6)23-15-12-24(13-15)19(25)28-20(2,3)4;/h8-10,15H,7,11-13H2,1-6H3,(H2,21,22,23);1H. The summed E-state index contributed by atoms with van der Waals surface area (Å²) in [6, 6.07) is 5.87. The van der Waals surface area contributed by atoms with Gasteiger partial charge >= 0.3 is 6.09 Å². The molecule has 0 radical (unpaired) electrons. The quantitative estimate of drug-likeness (QED) is 0.341. The highest BCUT2D eigenvalue weighted by molar-refractivity contribution is 14.0. The zero-order valence-corrected chi connectivity index (χ0v) is 20.4. The zero-order chi connectivity index (χ0) is 20.7. The lowest BCUT2D eigenvalue weighted by atomic mass is 10.1. The van der Waals surface area contributed by atoms with Crippen molar-refractivity contribution in [3.05, 3.63) is 23.8 Å². The molecule has 0 aromatic heterocycles. The molecule has 9 heteroatoms. The van der Waals surface area contributed by atoms with Gasteiger partial charge < -0.3 is 29.7 Å². The number of hydrogen-bond acceptors (Lipinski definition) is 5. The van der Waals surface area contributed by atoms with Crippen LogP contribution in [0.1, 0.15) is 33.3 Å². The molecule has 1 saturated heterocycles. The van der Waals surface area contributed by atoms with Crippen LogP contribution in [0.4, 0.5) is 4.79 Å². The Bertz CT molecular complexity index is 700. The number of methoxy groups -OCH3 is 2. The number of halogens is 1. The van der Waals surface area contributed by atoms with E-state index in [0.717, 1.165) is 12.1 Å². The van der Waals surface area contributed by atoms with Gasteiger partial charge in [-0.3, -0.25) is 0 Å². The number of nitrogens with zero attached hydrogens (tertiary/aromatic N) is 2. The molecule has 2 N–H and O–H groups in total. The van der Waals surface area contributed by atoms with Gasteiger partial charge in [-0.2, -0.15) is 0 Å². The predicted octanol–water partition coefficient (Wildman–Crippen LogP) is 3.00. The van der Waals surface area contributed by atoms with E-state index < -0.39 is 5.60 Å². The first kappa shape index (κ1) is 25.1. The Hall–Kier alpha value is -1.91. The summed E-state index contributed by atoms with van der Waals surface area (Å²) >= 11 is 0. The molecule has 2 rings (SSSR count).